The summed E-state index contributed by atoms with van der Waals surface area (Å²) in [7, 11) is 4.21. The number of nitrogens with zero attached hydrogens (tertiary/aromatic N) is 2. The molecule has 5 heteroatoms. The maximum atomic E-state index is 10.6. The number of hydrogen-bond acceptors (Lipinski definition) is 3. The highest BCUT2D eigenvalue weighted by molar-refractivity contribution is 9.10. The van der Waals surface area contributed by atoms with Gasteiger partial charge < -0.3 is 10.0 Å². The van der Waals surface area contributed by atoms with Crippen molar-refractivity contribution in [2.24, 2.45) is 0 Å². The van der Waals surface area contributed by atoms with E-state index in [1.807, 2.05) is 18.2 Å². The van der Waals surface area contributed by atoms with E-state index in [0.717, 1.165) is 36.1 Å². The summed E-state index contributed by atoms with van der Waals surface area (Å²) >= 11 is 9.65. The van der Waals surface area contributed by atoms with Crippen molar-refractivity contribution < 1.29 is 5.11 Å². The van der Waals surface area contributed by atoms with E-state index in [0.29, 0.717) is 11.4 Å². The Bertz CT molecular complexity index is 457. The highest BCUT2D eigenvalue weighted by Gasteiger charge is 2.27. The predicted molar refractivity (Wildman–Crippen MR) is 87.4 cm³/mol. The van der Waals surface area contributed by atoms with Crippen molar-refractivity contribution in [3.8, 4) is 0 Å². The van der Waals surface area contributed by atoms with Crippen molar-refractivity contribution in [3.05, 3.63) is 33.3 Å². The Balaban J connectivity index is 2.07. The third-order valence-electron chi connectivity index (χ3n) is 4.00. The molecule has 20 heavy (non-hydrogen) atoms. The fourth-order valence-electron chi connectivity index (χ4n) is 2.77. The summed E-state index contributed by atoms with van der Waals surface area (Å²) < 4.78 is 0.965. The minimum atomic E-state index is -0.403. The van der Waals surface area contributed by atoms with Crippen LogP contribution in [-0.4, -0.2) is 60.8 Å². The van der Waals surface area contributed by atoms with Crippen molar-refractivity contribution in [2.75, 3.05) is 33.7 Å². The summed E-state index contributed by atoms with van der Waals surface area (Å²) in [5.41, 5.74) is 1.00. The fourth-order valence-corrected chi connectivity index (χ4v) is 3.52. The number of likely N-dealkylation sites (N-methyl/N-ethyl adjacent to an activating group) is 2. The molecule has 2 atom stereocenters. The van der Waals surface area contributed by atoms with Gasteiger partial charge in [0.1, 0.15) is 0 Å². The molecule has 1 aromatic rings. The Morgan fingerprint density at radius 2 is 2.15 bits per heavy atom. The molecule has 0 saturated carbocycles. The van der Waals surface area contributed by atoms with Crippen LogP contribution in [0.1, 0.15) is 12.0 Å². The standard InChI is InChI=1S/C15H22BrClN2O/c1-18-6-3-7-19(2)14(10-18)15(20)8-11-4-5-12(16)9-13(11)17/h4-5,9,14-15,20H,3,6-8,10H2,1-2H3. The maximum absolute atomic E-state index is 10.6. The quantitative estimate of drug-likeness (QED) is 0.896. The van der Waals surface area contributed by atoms with Gasteiger partial charge in [-0.1, -0.05) is 33.6 Å². The lowest BCUT2D eigenvalue weighted by atomic mass is 10.0. The van der Waals surface area contributed by atoms with Gasteiger partial charge in [-0.2, -0.15) is 0 Å². The second kappa shape index (κ2) is 7.23. The van der Waals surface area contributed by atoms with Crippen LogP contribution in [0, 0.1) is 0 Å². The summed E-state index contributed by atoms with van der Waals surface area (Å²) in [6, 6.07) is 5.99. The van der Waals surface area contributed by atoms with E-state index in [1.54, 1.807) is 0 Å². The molecular weight excluding hydrogens is 340 g/mol. The van der Waals surface area contributed by atoms with Crippen LogP contribution in [0.5, 0.6) is 0 Å². The van der Waals surface area contributed by atoms with Crippen molar-refractivity contribution in [1.82, 2.24) is 9.80 Å². The molecule has 1 aromatic carbocycles. The van der Waals surface area contributed by atoms with Crippen molar-refractivity contribution in [3.63, 3.8) is 0 Å². The van der Waals surface area contributed by atoms with Gasteiger partial charge in [0.05, 0.1) is 6.10 Å². The lowest BCUT2D eigenvalue weighted by Crippen LogP contribution is -2.47. The Morgan fingerprint density at radius 3 is 2.85 bits per heavy atom. The smallest absolute Gasteiger partial charge is 0.0748 e. The molecule has 0 aromatic heterocycles. The lowest BCUT2D eigenvalue weighted by Gasteiger charge is -2.31. The number of hydrogen-bond donors (Lipinski definition) is 1. The number of benzene rings is 1. The molecule has 3 nitrogen and oxygen atoms in total. The summed E-state index contributed by atoms with van der Waals surface area (Å²) in [5.74, 6) is 0. The van der Waals surface area contributed by atoms with Gasteiger partial charge in [-0.25, -0.2) is 0 Å². The van der Waals surface area contributed by atoms with E-state index in [4.69, 9.17) is 11.6 Å². The van der Waals surface area contributed by atoms with Crippen LogP contribution in [0.25, 0.3) is 0 Å². The number of rotatable bonds is 3. The van der Waals surface area contributed by atoms with Crippen LogP contribution in [-0.2, 0) is 6.42 Å². The molecule has 2 rings (SSSR count). The first-order valence-electron chi connectivity index (χ1n) is 6.98. The summed E-state index contributed by atoms with van der Waals surface area (Å²) in [6.07, 6.45) is 1.34. The first-order chi connectivity index (χ1) is 9.47. The Kier molecular flexibility index (Phi) is 5.87. The van der Waals surface area contributed by atoms with Gasteiger partial charge >= 0.3 is 0 Å². The first kappa shape index (κ1) is 16.2. The van der Waals surface area contributed by atoms with Gasteiger partial charge in [0.15, 0.2) is 0 Å². The van der Waals surface area contributed by atoms with Crippen molar-refractivity contribution in [1.29, 1.82) is 0 Å². The van der Waals surface area contributed by atoms with E-state index in [2.05, 4.69) is 39.8 Å². The van der Waals surface area contributed by atoms with Gasteiger partial charge in [-0.05, 0) is 51.3 Å². The molecule has 0 spiro atoms. The van der Waals surface area contributed by atoms with Crippen LogP contribution in [0.3, 0.4) is 0 Å². The van der Waals surface area contributed by atoms with Crippen LogP contribution in [0.15, 0.2) is 22.7 Å². The van der Waals surface area contributed by atoms with Gasteiger partial charge in [0.2, 0.25) is 0 Å². The van der Waals surface area contributed by atoms with E-state index in [-0.39, 0.29) is 6.04 Å². The minimum Gasteiger partial charge on any atom is -0.391 e. The van der Waals surface area contributed by atoms with E-state index in [1.165, 1.54) is 0 Å². The van der Waals surface area contributed by atoms with Crippen molar-refractivity contribution in [2.45, 2.75) is 25.0 Å². The van der Waals surface area contributed by atoms with E-state index >= 15 is 0 Å². The molecule has 2 unspecified atom stereocenters. The molecule has 1 aliphatic rings. The molecule has 0 radical (unpaired) electrons. The minimum absolute atomic E-state index is 0.155. The summed E-state index contributed by atoms with van der Waals surface area (Å²) in [5, 5.41) is 11.3. The molecule has 0 bridgehead atoms. The molecule has 0 amide bonds. The van der Waals surface area contributed by atoms with Crippen LogP contribution < -0.4 is 0 Å². The number of aliphatic hydroxyl groups excluding tert-OH is 1. The third-order valence-corrected chi connectivity index (χ3v) is 4.85. The summed E-state index contributed by atoms with van der Waals surface area (Å²) in [6.45, 7) is 3.01. The SMILES string of the molecule is CN1CCCN(C)C(C(O)Cc2ccc(Br)cc2Cl)C1. The Labute approximate surface area is 134 Å². The monoisotopic (exact) mass is 360 g/mol. The largest absolute Gasteiger partial charge is 0.391 e. The molecule has 1 fully saturated rings. The fraction of sp³-hybridized carbons (Fsp3) is 0.600. The maximum Gasteiger partial charge on any atom is 0.0748 e. The van der Waals surface area contributed by atoms with E-state index in [9.17, 15) is 5.11 Å². The number of aliphatic hydroxyl groups is 1. The second-order valence-electron chi connectivity index (χ2n) is 5.67. The first-order valence-corrected chi connectivity index (χ1v) is 8.15. The van der Waals surface area contributed by atoms with Gasteiger partial charge in [0, 0.05) is 28.5 Å². The van der Waals surface area contributed by atoms with Crippen LogP contribution in [0.2, 0.25) is 5.02 Å². The highest BCUT2D eigenvalue weighted by Crippen LogP contribution is 2.24. The van der Waals surface area contributed by atoms with E-state index < -0.39 is 6.10 Å². The topological polar surface area (TPSA) is 26.7 Å². The predicted octanol–water partition coefficient (Wildman–Crippen LogP) is 2.64. The van der Waals surface area contributed by atoms with Crippen molar-refractivity contribution >= 4 is 27.5 Å². The van der Waals surface area contributed by atoms with Gasteiger partial charge in [-0.15, -0.1) is 0 Å². The molecule has 1 saturated heterocycles. The normalized spacial score (nSPS) is 23.6. The zero-order valence-corrected chi connectivity index (χ0v) is 14.4. The highest BCUT2D eigenvalue weighted by atomic mass is 79.9. The Morgan fingerprint density at radius 1 is 1.40 bits per heavy atom. The van der Waals surface area contributed by atoms with Gasteiger partial charge in [0.25, 0.3) is 0 Å². The molecule has 1 heterocycles. The van der Waals surface area contributed by atoms with Gasteiger partial charge in [-0.3, -0.25) is 4.90 Å². The average molecular weight is 362 g/mol. The zero-order chi connectivity index (χ0) is 14.7. The molecular formula is C15H22BrClN2O. The molecule has 1 aliphatic heterocycles. The lowest BCUT2D eigenvalue weighted by molar-refractivity contribution is 0.0581. The zero-order valence-electron chi connectivity index (χ0n) is 12.0. The number of halogens is 2. The molecule has 0 aliphatic carbocycles. The molecule has 112 valence electrons. The van der Waals surface area contributed by atoms with Crippen LogP contribution in [0.4, 0.5) is 0 Å². The van der Waals surface area contributed by atoms with Crippen LogP contribution >= 0.6 is 27.5 Å². The Hall–Kier alpha value is -0.130. The third kappa shape index (κ3) is 4.18. The summed E-state index contributed by atoms with van der Waals surface area (Å²) in [4.78, 5) is 4.56. The second-order valence-corrected chi connectivity index (χ2v) is 6.99. The average Bonchev–Trinajstić information content (AvgIpc) is 2.54. The molecule has 1 N–H and O–H groups in total.